The Hall–Kier alpha value is -3.34. The smallest absolute Gasteiger partial charge is 0.265 e. The van der Waals surface area contributed by atoms with Crippen LogP contribution >= 0.6 is 11.3 Å². The van der Waals surface area contributed by atoms with Gasteiger partial charge in [0.1, 0.15) is 15.8 Å². The maximum absolute atomic E-state index is 13.4. The van der Waals surface area contributed by atoms with Gasteiger partial charge >= 0.3 is 0 Å². The summed E-state index contributed by atoms with van der Waals surface area (Å²) in [7, 11) is -3.65. The zero-order chi connectivity index (χ0) is 28.3. The van der Waals surface area contributed by atoms with Gasteiger partial charge in [0.15, 0.2) is 15.6 Å². The van der Waals surface area contributed by atoms with Crippen molar-refractivity contribution in [1.29, 1.82) is 0 Å². The lowest BCUT2D eigenvalue weighted by molar-refractivity contribution is -0.116. The monoisotopic (exact) mass is 578 g/mol. The van der Waals surface area contributed by atoms with Gasteiger partial charge in [-0.05, 0) is 101 Å². The predicted molar refractivity (Wildman–Crippen MR) is 161 cm³/mol. The number of fused-ring (bicyclic) bond motifs is 1. The number of rotatable bonds is 11. The molecule has 0 atom stereocenters. The Morgan fingerprint density at radius 3 is 2.48 bits per heavy atom. The number of nitrogens with one attached hydrogen (secondary N) is 1. The van der Waals surface area contributed by atoms with Gasteiger partial charge < -0.3 is 10.2 Å². The molecule has 1 fully saturated rings. The number of aryl methyl sites for hydroxylation is 2. The minimum Gasteiger partial charge on any atom is -0.385 e. The Kier molecular flexibility index (Phi) is 8.48. The molecule has 0 amide bonds. The van der Waals surface area contributed by atoms with Gasteiger partial charge in [0.05, 0.1) is 16.6 Å². The summed E-state index contributed by atoms with van der Waals surface area (Å²) in [6.45, 7) is 8.00. The summed E-state index contributed by atoms with van der Waals surface area (Å²) in [4.78, 5) is 34.0. The van der Waals surface area contributed by atoms with Crippen LogP contribution in [0, 0.1) is 13.8 Å². The SMILES string of the molecule is Cc1ccc(S(=O)(=O)CC(=O)Cc2ccc(-n3c(C)nc4cc(NCCCN5CCCC5)ccc4c3=O)cc2)s1. The minimum atomic E-state index is -3.65. The highest BCUT2D eigenvalue weighted by atomic mass is 32.2. The molecule has 0 saturated carbocycles. The van der Waals surface area contributed by atoms with E-state index in [1.807, 2.05) is 25.1 Å². The highest BCUT2D eigenvalue weighted by molar-refractivity contribution is 7.94. The molecule has 8 nitrogen and oxygen atoms in total. The lowest BCUT2D eigenvalue weighted by Gasteiger charge is -2.15. The standard InChI is InChI=1S/C30H34N4O4S2/c1-21-6-13-29(39-21)40(37,38)20-26(35)18-23-7-10-25(11-8-23)34-22(2)32-28-19-24(9-12-27(28)30(34)36)31-14-5-17-33-15-3-4-16-33/h6-13,19,31H,3-5,14-18,20H2,1-2H3. The Bertz CT molecular complexity index is 1690. The van der Waals surface area contributed by atoms with Crippen LogP contribution in [0.25, 0.3) is 16.6 Å². The molecule has 2 aromatic carbocycles. The number of hydrogen-bond donors (Lipinski definition) is 1. The predicted octanol–water partition coefficient (Wildman–Crippen LogP) is 4.55. The van der Waals surface area contributed by atoms with Crippen LogP contribution in [0.3, 0.4) is 0 Å². The highest BCUT2D eigenvalue weighted by Gasteiger charge is 2.21. The Morgan fingerprint density at radius 2 is 1.77 bits per heavy atom. The molecule has 1 aliphatic heterocycles. The fourth-order valence-corrected chi connectivity index (χ4v) is 7.77. The van der Waals surface area contributed by atoms with Crippen LogP contribution in [0.15, 0.2) is 63.6 Å². The fourth-order valence-electron chi connectivity index (χ4n) is 5.16. The van der Waals surface area contributed by atoms with E-state index in [4.69, 9.17) is 4.98 Å². The van der Waals surface area contributed by atoms with Gasteiger partial charge in [0, 0.05) is 23.5 Å². The van der Waals surface area contributed by atoms with E-state index < -0.39 is 15.6 Å². The molecular weight excluding hydrogens is 544 g/mol. The van der Waals surface area contributed by atoms with Crippen molar-refractivity contribution in [3.63, 3.8) is 0 Å². The number of nitrogens with zero attached hydrogens (tertiary/aromatic N) is 3. The van der Waals surface area contributed by atoms with Crippen LogP contribution in [0.4, 0.5) is 5.69 Å². The molecule has 0 spiro atoms. The first-order chi connectivity index (χ1) is 19.2. The molecule has 0 unspecified atom stereocenters. The Balaban J connectivity index is 1.25. The summed E-state index contributed by atoms with van der Waals surface area (Å²) in [5.41, 5.74) is 2.75. The van der Waals surface area contributed by atoms with Gasteiger partial charge in [-0.15, -0.1) is 11.3 Å². The van der Waals surface area contributed by atoms with E-state index in [-0.39, 0.29) is 22.0 Å². The third-order valence-corrected chi connectivity index (χ3v) is 10.4. The number of benzene rings is 2. The first kappa shape index (κ1) is 28.2. The van der Waals surface area contributed by atoms with Gasteiger partial charge in [0.25, 0.3) is 5.56 Å². The van der Waals surface area contributed by atoms with Crippen LogP contribution < -0.4 is 10.9 Å². The lowest BCUT2D eigenvalue weighted by atomic mass is 10.1. The minimum absolute atomic E-state index is 0.00151. The maximum Gasteiger partial charge on any atom is 0.265 e. The highest BCUT2D eigenvalue weighted by Crippen LogP contribution is 2.23. The topological polar surface area (TPSA) is 101 Å². The number of sulfone groups is 1. The Labute approximate surface area is 238 Å². The average Bonchev–Trinajstić information content (AvgIpc) is 3.59. The van der Waals surface area contributed by atoms with Crippen LogP contribution in [0.2, 0.25) is 0 Å². The normalized spacial score (nSPS) is 14.2. The number of anilines is 1. The van der Waals surface area contributed by atoms with Gasteiger partial charge in [-0.25, -0.2) is 13.4 Å². The van der Waals surface area contributed by atoms with Crippen molar-refractivity contribution in [2.75, 3.05) is 37.2 Å². The van der Waals surface area contributed by atoms with Gasteiger partial charge in [-0.3, -0.25) is 14.2 Å². The maximum atomic E-state index is 13.4. The Morgan fingerprint density at radius 1 is 1.02 bits per heavy atom. The molecule has 1 N–H and O–H groups in total. The molecule has 2 aromatic heterocycles. The van der Waals surface area contributed by atoms with Crippen molar-refractivity contribution in [3.8, 4) is 5.69 Å². The van der Waals surface area contributed by atoms with Crippen molar-refractivity contribution in [2.45, 2.75) is 43.7 Å². The number of thiophene rings is 1. The van der Waals surface area contributed by atoms with Gasteiger partial charge in [-0.2, -0.15) is 0 Å². The van der Waals surface area contributed by atoms with Crippen molar-refractivity contribution in [3.05, 3.63) is 81.2 Å². The molecule has 0 aliphatic carbocycles. The van der Waals surface area contributed by atoms with Crippen molar-refractivity contribution in [1.82, 2.24) is 14.5 Å². The molecule has 3 heterocycles. The van der Waals surface area contributed by atoms with Crippen LogP contribution in [-0.4, -0.2) is 60.6 Å². The summed E-state index contributed by atoms with van der Waals surface area (Å²) in [6, 6.07) is 16.0. The number of likely N-dealkylation sites (tertiary alicyclic amines) is 1. The second kappa shape index (κ2) is 12.0. The van der Waals surface area contributed by atoms with Crippen LogP contribution in [0.5, 0.6) is 0 Å². The van der Waals surface area contributed by atoms with E-state index in [0.717, 1.165) is 30.1 Å². The summed E-state index contributed by atoms with van der Waals surface area (Å²) in [5.74, 6) is -0.346. The summed E-state index contributed by atoms with van der Waals surface area (Å²) >= 11 is 1.17. The average molecular weight is 579 g/mol. The second-order valence-corrected chi connectivity index (χ2v) is 13.9. The number of aromatic nitrogens is 2. The van der Waals surface area contributed by atoms with Gasteiger partial charge in [0.2, 0.25) is 0 Å². The summed E-state index contributed by atoms with van der Waals surface area (Å²) in [6.07, 6.45) is 3.67. The first-order valence-electron chi connectivity index (χ1n) is 13.6. The molecule has 210 valence electrons. The fraction of sp³-hybridized carbons (Fsp3) is 0.367. The molecule has 4 aromatic rings. The molecule has 5 rings (SSSR count). The van der Waals surface area contributed by atoms with E-state index >= 15 is 0 Å². The number of ketones is 1. The third-order valence-electron chi connectivity index (χ3n) is 7.19. The quantitative estimate of drug-likeness (QED) is 0.261. The molecule has 0 radical (unpaired) electrons. The van der Waals surface area contributed by atoms with Crippen molar-refractivity contribution < 1.29 is 13.2 Å². The van der Waals surface area contributed by atoms with E-state index in [1.165, 1.54) is 37.3 Å². The van der Waals surface area contributed by atoms with Crippen LogP contribution in [-0.2, 0) is 21.1 Å². The lowest BCUT2D eigenvalue weighted by Crippen LogP contribution is -2.23. The van der Waals surface area contributed by atoms with E-state index in [2.05, 4.69) is 10.2 Å². The zero-order valence-electron chi connectivity index (χ0n) is 22.9. The molecule has 1 saturated heterocycles. The second-order valence-electron chi connectivity index (χ2n) is 10.4. The van der Waals surface area contributed by atoms with E-state index in [0.29, 0.717) is 28.0 Å². The summed E-state index contributed by atoms with van der Waals surface area (Å²) in [5, 5.41) is 3.98. The van der Waals surface area contributed by atoms with E-state index in [1.54, 1.807) is 47.9 Å². The van der Waals surface area contributed by atoms with Crippen LogP contribution in [0.1, 0.15) is 35.5 Å². The number of carbonyl (C=O) groups is 1. The number of Topliss-reactive ketones (excluding diaryl/α,β-unsaturated/α-hetero) is 1. The third kappa shape index (κ3) is 6.51. The number of carbonyl (C=O) groups excluding carboxylic acids is 1. The summed E-state index contributed by atoms with van der Waals surface area (Å²) < 4.78 is 26.9. The van der Waals surface area contributed by atoms with Gasteiger partial charge in [-0.1, -0.05) is 12.1 Å². The molecule has 10 heteroatoms. The zero-order valence-corrected chi connectivity index (χ0v) is 24.5. The largest absolute Gasteiger partial charge is 0.385 e. The van der Waals surface area contributed by atoms with Crippen molar-refractivity contribution in [2.24, 2.45) is 0 Å². The van der Waals surface area contributed by atoms with Crippen molar-refractivity contribution >= 4 is 43.5 Å². The number of hydrogen-bond acceptors (Lipinski definition) is 8. The molecular formula is C30H34N4O4S2. The molecule has 0 bridgehead atoms. The van der Waals surface area contributed by atoms with E-state index in [9.17, 15) is 18.0 Å². The molecule has 40 heavy (non-hydrogen) atoms. The molecule has 1 aliphatic rings. The first-order valence-corrected chi connectivity index (χ1v) is 16.1.